The lowest BCUT2D eigenvalue weighted by Gasteiger charge is -2.20. The van der Waals surface area contributed by atoms with Crippen LogP contribution in [0.25, 0.3) is 0 Å². The monoisotopic (exact) mass is 919 g/mol. The lowest BCUT2D eigenvalue weighted by atomic mass is 10.0. The van der Waals surface area contributed by atoms with Crippen molar-refractivity contribution in [2.75, 3.05) is 17.7 Å². The Kier molecular flexibility index (Phi) is 36.3. The molecule has 0 aliphatic carbocycles. The summed E-state index contributed by atoms with van der Waals surface area (Å²) in [4.78, 5) is 73.4. The first-order valence-electron chi connectivity index (χ1n) is 25.1. The van der Waals surface area contributed by atoms with E-state index < -0.39 is 36.4 Å². The molecule has 0 aromatic heterocycles. The van der Waals surface area contributed by atoms with Gasteiger partial charge in [0, 0.05) is 47.9 Å². The second kappa shape index (κ2) is 39.7. The van der Waals surface area contributed by atoms with Gasteiger partial charge in [0.15, 0.2) is 0 Å². The maximum Gasteiger partial charge on any atom is 0.326 e. The molecule has 12 nitrogen and oxygen atoms in total. The molecule has 0 radical (unpaired) electrons. The van der Waals surface area contributed by atoms with Crippen molar-refractivity contribution >= 4 is 53.1 Å². The molecule has 2 amide bonds. The number of esters is 2. The third-order valence-corrected chi connectivity index (χ3v) is 12.7. The quantitative estimate of drug-likeness (QED) is 0.0361. The van der Waals surface area contributed by atoms with Gasteiger partial charge in [0.25, 0.3) is 5.91 Å². The van der Waals surface area contributed by atoms with Crippen LogP contribution in [-0.4, -0.2) is 75.7 Å². The predicted octanol–water partition coefficient (Wildman–Crippen LogP) is 12.6. The van der Waals surface area contributed by atoms with Gasteiger partial charge in [0.1, 0.15) is 18.8 Å². The molecule has 0 heterocycles. The number of nitrogens with one attached hydrogen (secondary N) is 2. The number of rotatable bonds is 43. The van der Waals surface area contributed by atoms with Crippen molar-refractivity contribution in [2.45, 2.75) is 237 Å². The van der Waals surface area contributed by atoms with Crippen LogP contribution in [0.15, 0.2) is 24.3 Å². The summed E-state index contributed by atoms with van der Waals surface area (Å²) < 4.78 is 11.5. The summed E-state index contributed by atoms with van der Waals surface area (Å²) in [5, 5.41) is 23.2. The molecule has 13 heteroatoms. The third-order valence-electron chi connectivity index (χ3n) is 11.4. The number of aliphatic carboxylic acids is 2. The number of hydrogen-bond donors (Lipinski definition) is 4. The van der Waals surface area contributed by atoms with Gasteiger partial charge in [0.2, 0.25) is 5.91 Å². The lowest BCUT2D eigenvalue weighted by Crippen LogP contribution is -2.41. The summed E-state index contributed by atoms with van der Waals surface area (Å²) in [6.45, 7) is 6.36. The molecule has 0 saturated carbocycles. The highest BCUT2D eigenvalue weighted by atomic mass is 32.2. The lowest BCUT2D eigenvalue weighted by molar-refractivity contribution is -0.157. The molecule has 0 saturated heterocycles. The van der Waals surface area contributed by atoms with E-state index in [1.807, 2.05) is 6.92 Å². The Morgan fingerprint density at radius 2 is 1.03 bits per heavy atom. The zero-order valence-electron chi connectivity index (χ0n) is 39.9. The molecule has 4 N–H and O–H groups in total. The SMILES string of the molecule is CCCCCCCCCCCCCCCC(=O)OCC(CSC(C)CC(=O)Nc1ccc(C(=O)N[C@@H](CCC(=O)O)C(=O)O)cc1)OC(=O)CCCCCCCCCCCCCCC. The number of carboxylic acids is 2. The van der Waals surface area contributed by atoms with E-state index in [-0.39, 0.29) is 48.1 Å². The Hall–Kier alpha value is -3.61. The van der Waals surface area contributed by atoms with Gasteiger partial charge >= 0.3 is 23.9 Å². The number of thioether (sulfide) groups is 1. The van der Waals surface area contributed by atoms with Gasteiger partial charge in [-0.1, -0.05) is 175 Å². The fraction of sp³-hybridized carbons (Fsp3) is 0.765. The van der Waals surface area contributed by atoms with Crippen LogP contribution in [0.3, 0.4) is 0 Å². The maximum absolute atomic E-state index is 12.9. The van der Waals surface area contributed by atoms with Crippen LogP contribution in [-0.2, 0) is 33.4 Å². The number of carbonyl (C=O) groups is 6. The number of carbonyl (C=O) groups excluding carboxylic acids is 4. The van der Waals surface area contributed by atoms with Crippen molar-refractivity contribution in [3.05, 3.63) is 29.8 Å². The van der Waals surface area contributed by atoms with Crippen molar-refractivity contribution in [2.24, 2.45) is 0 Å². The minimum Gasteiger partial charge on any atom is -0.481 e. The fourth-order valence-corrected chi connectivity index (χ4v) is 8.45. The van der Waals surface area contributed by atoms with Crippen LogP contribution in [0.1, 0.15) is 230 Å². The van der Waals surface area contributed by atoms with E-state index in [0.717, 1.165) is 38.5 Å². The number of benzene rings is 1. The largest absolute Gasteiger partial charge is 0.481 e. The normalized spacial score (nSPS) is 12.5. The van der Waals surface area contributed by atoms with Gasteiger partial charge in [-0.25, -0.2) is 4.79 Å². The van der Waals surface area contributed by atoms with E-state index in [9.17, 15) is 33.9 Å². The highest BCUT2D eigenvalue weighted by Gasteiger charge is 2.23. The number of anilines is 1. The predicted molar refractivity (Wildman–Crippen MR) is 259 cm³/mol. The number of carboxylic acid groups (broad SMARTS) is 2. The van der Waals surface area contributed by atoms with Crippen LogP contribution in [0, 0.1) is 0 Å². The highest BCUT2D eigenvalue weighted by Crippen LogP contribution is 2.21. The first kappa shape index (κ1) is 58.4. The van der Waals surface area contributed by atoms with Gasteiger partial charge in [-0.3, -0.25) is 24.0 Å². The van der Waals surface area contributed by atoms with E-state index in [1.165, 1.54) is 164 Å². The molecule has 3 atom stereocenters. The molecule has 0 aliphatic heterocycles. The smallest absolute Gasteiger partial charge is 0.326 e. The molecule has 1 rings (SSSR count). The van der Waals surface area contributed by atoms with Crippen molar-refractivity contribution in [1.82, 2.24) is 5.32 Å². The third kappa shape index (κ3) is 33.8. The van der Waals surface area contributed by atoms with Crippen LogP contribution >= 0.6 is 11.8 Å². The second-order valence-electron chi connectivity index (χ2n) is 17.6. The number of hydrogen-bond acceptors (Lipinski definition) is 9. The Balaban J connectivity index is 2.54. The topological polar surface area (TPSA) is 185 Å². The summed E-state index contributed by atoms with van der Waals surface area (Å²) in [6, 6.07) is 4.58. The van der Waals surface area contributed by atoms with E-state index in [2.05, 4.69) is 24.5 Å². The van der Waals surface area contributed by atoms with Crippen LogP contribution in [0.4, 0.5) is 5.69 Å². The number of unbranched alkanes of at least 4 members (excludes halogenated alkanes) is 24. The first-order chi connectivity index (χ1) is 30.9. The summed E-state index contributed by atoms with van der Waals surface area (Å²) in [6.07, 6.45) is 31.3. The van der Waals surface area contributed by atoms with E-state index in [4.69, 9.17) is 14.6 Å². The van der Waals surface area contributed by atoms with Gasteiger partial charge < -0.3 is 30.3 Å². The average molecular weight is 919 g/mol. The Morgan fingerprint density at radius 1 is 0.594 bits per heavy atom. The minimum absolute atomic E-state index is 0.0275. The zero-order chi connectivity index (χ0) is 47.0. The maximum atomic E-state index is 12.9. The van der Waals surface area contributed by atoms with Gasteiger partial charge in [0.05, 0.1) is 0 Å². The molecule has 64 heavy (non-hydrogen) atoms. The summed E-state index contributed by atoms with van der Waals surface area (Å²) >= 11 is 1.46. The molecule has 1 aromatic rings. The Labute approximate surface area is 390 Å². The highest BCUT2D eigenvalue weighted by molar-refractivity contribution is 7.99. The average Bonchev–Trinajstić information content (AvgIpc) is 3.26. The van der Waals surface area contributed by atoms with E-state index in [1.54, 1.807) is 0 Å². The van der Waals surface area contributed by atoms with Crippen LogP contribution < -0.4 is 10.6 Å². The van der Waals surface area contributed by atoms with Crippen LogP contribution in [0.2, 0.25) is 0 Å². The summed E-state index contributed by atoms with van der Waals surface area (Å²) in [5.74, 6) is -3.67. The fourth-order valence-electron chi connectivity index (χ4n) is 7.47. The van der Waals surface area contributed by atoms with Crippen molar-refractivity contribution in [1.29, 1.82) is 0 Å². The van der Waals surface area contributed by atoms with Crippen LogP contribution in [0.5, 0.6) is 0 Å². The Morgan fingerprint density at radius 3 is 1.47 bits per heavy atom. The minimum atomic E-state index is -1.35. The molecule has 366 valence electrons. The Bertz CT molecular complexity index is 1410. The standard InChI is InChI=1S/C51H86N2O10S/c1-4-6-8-10-12-14-16-18-20-22-24-26-28-30-48(57)62-39-44(63-49(58)31-29-27-25-23-21-19-17-15-13-11-9-7-5-2)40-64-41(3)38-46(54)52-43-34-32-42(33-35-43)50(59)53-45(51(60)61)36-37-47(55)56/h32-35,41,44-45H,4-31,36-40H2,1-3H3,(H,52,54)(H,53,59)(H,55,56)(H,60,61)/t41?,44?,45-/m0/s1. The molecule has 0 fully saturated rings. The number of amides is 2. The number of ether oxygens (including phenoxy) is 2. The second-order valence-corrected chi connectivity index (χ2v) is 19.0. The van der Waals surface area contributed by atoms with Crippen molar-refractivity contribution < 1.29 is 48.5 Å². The first-order valence-corrected chi connectivity index (χ1v) is 26.1. The van der Waals surface area contributed by atoms with E-state index >= 15 is 0 Å². The van der Waals surface area contributed by atoms with Gasteiger partial charge in [-0.2, -0.15) is 11.8 Å². The molecule has 0 aliphatic rings. The van der Waals surface area contributed by atoms with E-state index in [0.29, 0.717) is 24.3 Å². The zero-order valence-corrected chi connectivity index (χ0v) is 40.8. The van der Waals surface area contributed by atoms with Crippen molar-refractivity contribution in [3.8, 4) is 0 Å². The molecule has 0 spiro atoms. The molecule has 0 bridgehead atoms. The molecule has 2 unspecified atom stereocenters. The molecular weight excluding hydrogens is 833 g/mol. The molecular formula is C51H86N2O10S. The van der Waals surface area contributed by atoms with Gasteiger partial charge in [-0.05, 0) is 43.5 Å². The summed E-state index contributed by atoms with van der Waals surface area (Å²) in [5.41, 5.74) is 0.595. The van der Waals surface area contributed by atoms with Gasteiger partial charge in [-0.15, -0.1) is 0 Å². The summed E-state index contributed by atoms with van der Waals surface area (Å²) in [7, 11) is 0. The molecule has 1 aromatic carbocycles. The van der Waals surface area contributed by atoms with Crippen molar-refractivity contribution in [3.63, 3.8) is 0 Å².